The molecule has 0 unspecified atom stereocenters. The Kier molecular flexibility index (Phi) is 3.58. The first-order valence-electron chi connectivity index (χ1n) is 7.23. The Morgan fingerprint density at radius 2 is 1.90 bits per heavy atom. The summed E-state index contributed by atoms with van der Waals surface area (Å²) in [5, 5.41) is 3.38. The summed E-state index contributed by atoms with van der Waals surface area (Å²) in [5.74, 6) is -0.119. The Hall–Kier alpha value is -1.67. The molecule has 1 saturated carbocycles. The van der Waals surface area contributed by atoms with E-state index in [9.17, 15) is 4.39 Å². The number of rotatable bonds is 4. The molecule has 2 aromatic rings. The summed E-state index contributed by atoms with van der Waals surface area (Å²) >= 11 is 0. The van der Waals surface area contributed by atoms with Gasteiger partial charge in [0, 0.05) is 18.2 Å². The smallest absolute Gasteiger partial charge is 0.127 e. The Morgan fingerprint density at radius 1 is 1.10 bits per heavy atom. The van der Waals surface area contributed by atoms with Crippen molar-refractivity contribution in [2.75, 3.05) is 0 Å². The normalized spacial score (nSPS) is 14.6. The molecule has 2 heteroatoms. The summed E-state index contributed by atoms with van der Waals surface area (Å²) in [6.45, 7) is 4.81. The molecule has 20 heavy (non-hydrogen) atoms. The average molecular weight is 269 g/mol. The number of aryl methyl sites for hydroxylation is 2. The van der Waals surface area contributed by atoms with E-state index in [1.165, 1.54) is 29.5 Å². The molecular weight excluding hydrogens is 249 g/mol. The van der Waals surface area contributed by atoms with Gasteiger partial charge in [-0.25, -0.2) is 4.39 Å². The fraction of sp³-hybridized carbons (Fsp3) is 0.333. The van der Waals surface area contributed by atoms with Crippen LogP contribution in [0.2, 0.25) is 0 Å². The fourth-order valence-electron chi connectivity index (χ4n) is 2.56. The van der Waals surface area contributed by atoms with Crippen molar-refractivity contribution in [1.82, 2.24) is 5.32 Å². The van der Waals surface area contributed by atoms with Crippen LogP contribution in [0, 0.1) is 19.7 Å². The summed E-state index contributed by atoms with van der Waals surface area (Å²) in [5.41, 5.74) is 5.52. The second kappa shape index (κ2) is 5.37. The lowest BCUT2D eigenvalue weighted by atomic mass is 9.97. The molecule has 3 rings (SSSR count). The molecule has 1 fully saturated rings. The van der Waals surface area contributed by atoms with Crippen LogP contribution in [0.1, 0.15) is 29.5 Å². The van der Waals surface area contributed by atoms with E-state index in [0.717, 1.165) is 11.1 Å². The Bertz CT molecular complexity index is 629. The van der Waals surface area contributed by atoms with Gasteiger partial charge in [-0.15, -0.1) is 0 Å². The van der Waals surface area contributed by atoms with E-state index < -0.39 is 0 Å². The predicted molar refractivity (Wildman–Crippen MR) is 81.2 cm³/mol. The van der Waals surface area contributed by atoms with Crippen molar-refractivity contribution in [3.8, 4) is 11.1 Å². The standard InChI is InChI=1S/C18H20FN/c1-12-3-7-17(13(2)9-12)14-4-8-18(19)15(10-14)11-20-16-5-6-16/h3-4,7-10,16,20H,5-6,11H2,1-2H3. The molecule has 0 bridgehead atoms. The minimum absolute atomic E-state index is 0.119. The van der Waals surface area contributed by atoms with Gasteiger partial charge in [0.1, 0.15) is 5.82 Å². The molecule has 1 nitrogen and oxygen atoms in total. The van der Waals surface area contributed by atoms with Gasteiger partial charge >= 0.3 is 0 Å². The number of hydrogen-bond donors (Lipinski definition) is 1. The average Bonchev–Trinajstić information content (AvgIpc) is 3.22. The maximum absolute atomic E-state index is 13.9. The van der Waals surface area contributed by atoms with E-state index in [4.69, 9.17) is 0 Å². The molecule has 0 aromatic heterocycles. The van der Waals surface area contributed by atoms with E-state index in [1.54, 1.807) is 6.07 Å². The van der Waals surface area contributed by atoms with E-state index in [-0.39, 0.29) is 5.82 Å². The molecule has 0 amide bonds. The number of hydrogen-bond acceptors (Lipinski definition) is 1. The summed E-state index contributed by atoms with van der Waals surface area (Å²) < 4.78 is 13.9. The van der Waals surface area contributed by atoms with Crippen LogP contribution >= 0.6 is 0 Å². The zero-order valence-electron chi connectivity index (χ0n) is 12.0. The van der Waals surface area contributed by atoms with Gasteiger partial charge in [0.15, 0.2) is 0 Å². The molecule has 1 N–H and O–H groups in total. The zero-order valence-corrected chi connectivity index (χ0v) is 12.0. The monoisotopic (exact) mass is 269 g/mol. The van der Waals surface area contributed by atoms with Crippen molar-refractivity contribution >= 4 is 0 Å². The van der Waals surface area contributed by atoms with Gasteiger partial charge in [0.2, 0.25) is 0 Å². The van der Waals surface area contributed by atoms with Crippen LogP contribution in [-0.4, -0.2) is 6.04 Å². The second-order valence-electron chi connectivity index (χ2n) is 5.78. The lowest BCUT2D eigenvalue weighted by Crippen LogP contribution is -2.16. The van der Waals surface area contributed by atoms with Gasteiger partial charge in [-0.05, 0) is 55.5 Å². The molecule has 2 aromatic carbocycles. The second-order valence-corrected chi connectivity index (χ2v) is 5.78. The maximum Gasteiger partial charge on any atom is 0.127 e. The van der Waals surface area contributed by atoms with Gasteiger partial charge in [0.25, 0.3) is 0 Å². The lowest BCUT2D eigenvalue weighted by molar-refractivity contribution is 0.587. The van der Waals surface area contributed by atoms with Crippen molar-refractivity contribution in [3.05, 3.63) is 58.9 Å². The van der Waals surface area contributed by atoms with Crippen molar-refractivity contribution in [2.45, 2.75) is 39.3 Å². The highest BCUT2D eigenvalue weighted by molar-refractivity contribution is 5.68. The first-order valence-corrected chi connectivity index (χ1v) is 7.23. The van der Waals surface area contributed by atoms with Crippen LogP contribution < -0.4 is 5.32 Å². The first kappa shape index (κ1) is 13.3. The fourth-order valence-corrected chi connectivity index (χ4v) is 2.56. The van der Waals surface area contributed by atoms with Crippen LogP contribution in [0.15, 0.2) is 36.4 Å². The molecule has 1 aliphatic rings. The van der Waals surface area contributed by atoms with Crippen LogP contribution in [0.25, 0.3) is 11.1 Å². The van der Waals surface area contributed by atoms with Gasteiger partial charge in [-0.3, -0.25) is 0 Å². The molecule has 0 heterocycles. The van der Waals surface area contributed by atoms with E-state index in [1.807, 2.05) is 12.1 Å². The SMILES string of the molecule is Cc1ccc(-c2ccc(F)c(CNC3CC3)c2)c(C)c1. The number of nitrogens with one attached hydrogen (secondary N) is 1. The maximum atomic E-state index is 13.9. The quantitative estimate of drug-likeness (QED) is 0.869. The van der Waals surface area contributed by atoms with Gasteiger partial charge in [-0.2, -0.15) is 0 Å². The van der Waals surface area contributed by atoms with Crippen molar-refractivity contribution in [1.29, 1.82) is 0 Å². The third-order valence-corrected chi connectivity index (χ3v) is 3.90. The third kappa shape index (κ3) is 2.91. The molecule has 0 atom stereocenters. The van der Waals surface area contributed by atoms with Gasteiger partial charge in [-0.1, -0.05) is 29.8 Å². The predicted octanol–water partition coefficient (Wildman–Crippen LogP) is 4.36. The molecular formula is C18H20FN. The minimum Gasteiger partial charge on any atom is -0.310 e. The topological polar surface area (TPSA) is 12.0 Å². The van der Waals surface area contributed by atoms with Crippen molar-refractivity contribution in [3.63, 3.8) is 0 Å². The molecule has 0 radical (unpaired) electrons. The highest BCUT2D eigenvalue weighted by Crippen LogP contribution is 2.27. The molecule has 0 saturated heterocycles. The third-order valence-electron chi connectivity index (χ3n) is 3.90. The van der Waals surface area contributed by atoms with Crippen LogP contribution in [0.4, 0.5) is 4.39 Å². The van der Waals surface area contributed by atoms with E-state index in [0.29, 0.717) is 12.6 Å². The van der Waals surface area contributed by atoms with E-state index >= 15 is 0 Å². The van der Waals surface area contributed by atoms with Gasteiger partial charge in [0.05, 0.1) is 0 Å². The number of halogens is 1. The first-order chi connectivity index (χ1) is 9.63. The van der Waals surface area contributed by atoms with E-state index in [2.05, 4.69) is 37.4 Å². The Morgan fingerprint density at radius 3 is 2.60 bits per heavy atom. The Balaban J connectivity index is 1.90. The summed E-state index contributed by atoms with van der Waals surface area (Å²) in [6.07, 6.45) is 2.44. The molecule has 0 aliphatic heterocycles. The highest BCUT2D eigenvalue weighted by atomic mass is 19.1. The van der Waals surface area contributed by atoms with Crippen LogP contribution in [0.3, 0.4) is 0 Å². The summed E-state index contributed by atoms with van der Waals surface area (Å²) in [4.78, 5) is 0. The van der Waals surface area contributed by atoms with Crippen molar-refractivity contribution in [2.24, 2.45) is 0 Å². The summed E-state index contributed by atoms with van der Waals surface area (Å²) in [6, 6.07) is 12.4. The summed E-state index contributed by atoms with van der Waals surface area (Å²) in [7, 11) is 0. The highest BCUT2D eigenvalue weighted by Gasteiger charge is 2.20. The molecule has 104 valence electrons. The zero-order chi connectivity index (χ0) is 14.1. The van der Waals surface area contributed by atoms with Crippen LogP contribution in [-0.2, 0) is 6.54 Å². The largest absolute Gasteiger partial charge is 0.310 e. The van der Waals surface area contributed by atoms with Crippen molar-refractivity contribution < 1.29 is 4.39 Å². The van der Waals surface area contributed by atoms with Gasteiger partial charge < -0.3 is 5.32 Å². The molecule has 1 aliphatic carbocycles. The molecule has 0 spiro atoms. The van der Waals surface area contributed by atoms with Crippen LogP contribution in [0.5, 0.6) is 0 Å². The minimum atomic E-state index is -0.119. The lowest BCUT2D eigenvalue weighted by Gasteiger charge is -2.11. The Labute approximate surface area is 119 Å². The number of benzene rings is 2.